The summed E-state index contributed by atoms with van der Waals surface area (Å²) in [4.78, 5) is 24.3. The van der Waals surface area contributed by atoms with E-state index in [-0.39, 0.29) is 11.3 Å². The molecule has 1 aromatic heterocycles. The van der Waals surface area contributed by atoms with E-state index < -0.39 is 5.97 Å². The van der Waals surface area contributed by atoms with E-state index >= 15 is 0 Å². The van der Waals surface area contributed by atoms with Crippen LogP contribution in [0.5, 0.6) is 0 Å². The van der Waals surface area contributed by atoms with Crippen molar-refractivity contribution in [2.24, 2.45) is 0 Å². The second kappa shape index (κ2) is 15.4. The summed E-state index contributed by atoms with van der Waals surface area (Å²) in [5.41, 5.74) is 3.78. The number of carbonyl (C=O) groups is 2. The maximum atomic E-state index is 13.3. The molecule has 2 aliphatic carbocycles. The lowest BCUT2D eigenvalue weighted by Gasteiger charge is -2.18. The zero-order valence-electron chi connectivity index (χ0n) is 23.9. The fourth-order valence-electron chi connectivity index (χ4n) is 4.53. The molecule has 2 N–H and O–H groups in total. The zero-order valence-corrected chi connectivity index (χ0v) is 25.4. The van der Waals surface area contributed by atoms with E-state index in [4.69, 9.17) is 9.63 Å². The van der Waals surface area contributed by atoms with Gasteiger partial charge in [0.1, 0.15) is 5.52 Å². The van der Waals surface area contributed by atoms with Gasteiger partial charge in [-0.1, -0.05) is 108 Å². The SMILES string of the molecule is C1CCCCC1.CC.CCCC.O=C(O)c1ccc(Nc2cc(Br)c3noc4c3c2C(=O)c2ccccc2-4)cc1. The Hall–Kier alpha value is -3.45. The number of fused-ring (bicyclic) bond motifs is 2. The third-order valence-electron chi connectivity index (χ3n) is 6.76. The number of hydrogen-bond donors (Lipinski definition) is 2. The van der Waals surface area contributed by atoms with Crippen molar-refractivity contribution in [3.8, 4) is 11.3 Å². The Labute approximate surface area is 245 Å². The summed E-state index contributed by atoms with van der Waals surface area (Å²) in [6, 6.07) is 15.4. The van der Waals surface area contributed by atoms with Crippen molar-refractivity contribution in [1.82, 2.24) is 5.16 Å². The molecule has 0 bridgehead atoms. The maximum absolute atomic E-state index is 13.3. The van der Waals surface area contributed by atoms with Gasteiger partial charge in [-0.05, 0) is 46.3 Å². The summed E-state index contributed by atoms with van der Waals surface area (Å²) >= 11 is 3.50. The molecule has 6 nitrogen and oxygen atoms in total. The van der Waals surface area contributed by atoms with Crippen LogP contribution in [0.15, 0.2) is 63.6 Å². The summed E-state index contributed by atoms with van der Waals surface area (Å²) in [6.45, 7) is 8.36. The summed E-state index contributed by atoms with van der Waals surface area (Å²) in [6.07, 6.45) is 11.6. The van der Waals surface area contributed by atoms with Crippen molar-refractivity contribution in [1.29, 1.82) is 0 Å². The smallest absolute Gasteiger partial charge is 0.335 e. The molecule has 2 aliphatic rings. The van der Waals surface area contributed by atoms with Crippen molar-refractivity contribution >= 4 is 50.0 Å². The minimum Gasteiger partial charge on any atom is -0.478 e. The molecule has 0 amide bonds. The highest BCUT2D eigenvalue weighted by Gasteiger charge is 2.32. The third-order valence-corrected chi connectivity index (χ3v) is 7.37. The van der Waals surface area contributed by atoms with Crippen LogP contribution in [0, 0.1) is 0 Å². The second-order valence-electron chi connectivity index (χ2n) is 9.52. The van der Waals surface area contributed by atoms with Gasteiger partial charge in [0.15, 0.2) is 11.5 Å². The number of carboxylic acid groups (broad SMARTS) is 1. The number of carbonyl (C=O) groups excluding carboxylic acids is 1. The number of rotatable bonds is 4. The number of hydrogen-bond acceptors (Lipinski definition) is 5. The average Bonchev–Trinajstić information content (AvgIpc) is 3.45. The number of nitrogens with zero attached hydrogens (tertiary/aromatic N) is 1. The van der Waals surface area contributed by atoms with Gasteiger partial charge in [-0.2, -0.15) is 0 Å². The number of halogens is 1. The Bertz CT molecular complexity index is 1410. The van der Waals surface area contributed by atoms with E-state index in [1.807, 2.05) is 32.0 Å². The summed E-state index contributed by atoms with van der Waals surface area (Å²) in [5.74, 6) is -0.550. The topological polar surface area (TPSA) is 92.4 Å². The van der Waals surface area contributed by atoms with E-state index in [9.17, 15) is 9.59 Å². The van der Waals surface area contributed by atoms with Crippen LogP contribution < -0.4 is 5.32 Å². The fraction of sp³-hybridized carbons (Fsp3) is 0.364. The standard InChI is InChI=1S/C21H11BrN2O4.C6H12.C4H10.C2H6/c22-14-9-15(23-11-7-5-10(6-8-11)21(26)27)16-17-18(14)24-28-20(17)13-4-2-1-3-12(13)19(16)25;1-2-4-6-5-3-1;1-3-4-2;1-2/h1-9,23H,(H,26,27);1-6H2;3-4H2,1-2H3;1-2H3. The van der Waals surface area contributed by atoms with Crippen LogP contribution in [0.1, 0.15) is 105 Å². The quantitative estimate of drug-likeness (QED) is 0.211. The Morgan fingerprint density at radius 2 is 1.48 bits per heavy atom. The molecule has 212 valence electrons. The number of carboxylic acids is 1. The molecule has 0 saturated heterocycles. The summed E-state index contributed by atoms with van der Waals surface area (Å²) in [7, 11) is 0. The van der Waals surface area contributed by atoms with E-state index in [0.29, 0.717) is 43.6 Å². The predicted octanol–water partition coefficient (Wildman–Crippen LogP) is 10.4. The first-order chi connectivity index (χ1) is 19.5. The lowest BCUT2D eigenvalue weighted by atomic mass is 9.87. The molecule has 1 fully saturated rings. The fourth-order valence-corrected chi connectivity index (χ4v) is 5.03. The molecule has 1 saturated carbocycles. The van der Waals surface area contributed by atoms with Gasteiger partial charge >= 0.3 is 5.97 Å². The first-order valence-electron chi connectivity index (χ1n) is 14.3. The normalized spacial score (nSPS) is 13.0. The van der Waals surface area contributed by atoms with Crippen LogP contribution in [0.25, 0.3) is 22.2 Å². The highest BCUT2D eigenvalue weighted by atomic mass is 79.9. The summed E-state index contributed by atoms with van der Waals surface area (Å²) < 4.78 is 6.27. The predicted molar refractivity (Wildman–Crippen MR) is 167 cm³/mol. The van der Waals surface area contributed by atoms with Crippen LogP contribution in [-0.4, -0.2) is 22.0 Å². The van der Waals surface area contributed by atoms with Crippen molar-refractivity contribution in [2.75, 3.05) is 5.32 Å². The molecular formula is C33H39BrN2O4. The van der Waals surface area contributed by atoms with Gasteiger partial charge in [-0.3, -0.25) is 4.79 Å². The number of anilines is 2. The zero-order chi connectivity index (χ0) is 29.1. The van der Waals surface area contributed by atoms with Crippen LogP contribution in [0.3, 0.4) is 0 Å². The van der Waals surface area contributed by atoms with Crippen LogP contribution >= 0.6 is 15.9 Å². The Kier molecular flexibility index (Phi) is 11.9. The number of aromatic nitrogens is 1. The maximum Gasteiger partial charge on any atom is 0.335 e. The largest absolute Gasteiger partial charge is 0.478 e. The Morgan fingerprint density at radius 3 is 2.00 bits per heavy atom. The van der Waals surface area contributed by atoms with Crippen molar-refractivity contribution in [3.05, 3.63) is 75.8 Å². The average molecular weight is 608 g/mol. The molecule has 0 unspecified atom stereocenters. The number of benzene rings is 3. The van der Waals surface area contributed by atoms with Gasteiger partial charge in [0.25, 0.3) is 0 Å². The highest BCUT2D eigenvalue weighted by Crippen LogP contribution is 2.45. The number of nitrogens with one attached hydrogen (secondary N) is 1. The van der Waals surface area contributed by atoms with Crippen LogP contribution in [0.2, 0.25) is 0 Å². The molecule has 0 spiro atoms. The molecule has 3 aromatic carbocycles. The van der Waals surface area contributed by atoms with Crippen LogP contribution in [-0.2, 0) is 0 Å². The first-order valence-corrected chi connectivity index (χ1v) is 15.1. The van der Waals surface area contributed by atoms with Gasteiger partial charge in [-0.25, -0.2) is 4.79 Å². The van der Waals surface area contributed by atoms with Crippen LogP contribution in [0.4, 0.5) is 11.4 Å². The van der Waals surface area contributed by atoms with Gasteiger partial charge in [0, 0.05) is 21.3 Å². The highest BCUT2D eigenvalue weighted by molar-refractivity contribution is 9.10. The number of aromatic carboxylic acids is 1. The molecular weight excluding hydrogens is 568 g/mol. The van der Waals surface area contributed by atoms with Crippen molar-refractivity contribution < 1.29 is 19.2 Å². The molecule has 0 radical (unpaired) electrons. The summed E-state index contributed by atoms with van der Waals surface area (Å²) in [5, 5.41) is 17.1. The van der Waals surface area contributed by atoms with E-state index in [0.717, 1.165) is 5.56 Å². The third kappa shape index (κ3) is 7.19. The Balaban J connectivity index is 0.000000310. The van der Waals surface area contributed by atoms with E-state index in [1.54, 1.807) is 24.3 Å². The second-order valence-corrected chi connectivity index (χ2v) is 10.4. The molecule has 1 heterocycles. The molecule has 0 atom stereocenters. The van der Waals surface area contributed by atoms with Gasteiger partial charge in [0.2, 0.25) is 0 Å². The van der Waals surface area contributed by atoms with Gasteiger partial charge in [0.05, 0.1) is 22.2 Å². The molecule has 0 aliphatic heterocycles. The minimum absolute atomic E-state index is 0.117. The number of ketones is 1. The van der Waals surface area contributed by atoms with Gasteiger partial charge in [-0.15, -0.1) is 0 Å². The molecule has 4 aromatic rings. The molecule has 40 heavy (non-hydrogen) atoms. The van der Waals surface area contributed by atoms with Gasteiger partial charge < -0.3 is 14.9 Å². The first kappa shape index (κ1) is 31.1. The van der Waals surface area contributed by atoms with Crippen molar-refractivity contribution in [3.63, 3.8) is 0 Å². The van der Waals surface area contributed by atoms with E-state index in [2.05, 4.69) is 40.3 Å². The number of unbranched alkanes of at least 4 members (excludes halogenated alkanes) is 1. The molecule has 6 rings (SSSR count). The minimum atomic E-state index is -0.994. The monoisotopic (exact) mass is 606 g/mol. The Morgan fingerprint density at radius 1 is 0.925 bits per heavy atom. The molecule has 7 heteroatoms. The van der Waals surface area contributed by atoms with E-state index in [1.165, 1.54) is 63.5 Å². The lowest BCUT2D eigenvalue weighted by molar-refractivity contribution is 0.0696. The van der Waals surface area contributed by atoms with Crippen molar-refractivity contribution in [2.45, 2.75) is 79.1 Å². The lowest BCUT2D eigenvalue weighted by Crippen LogP contribution is -2.11.